The number of anilines is 1. The normalized spacial score (nSPS) is 21.6. The molecule has 1 aliphatic rings. The van der Waals surface area contributed by atoms with Crippen molar-refractivity contribution in [3.05, 3.63) is 10.6 Å². The third kappa shape index (κ3) is 3.71. The molecule has 2 rings (SSSR count). The number of hydrogen-bond acceptors (Lipinski definition) is 6. The molecule has 2 heterocycles. The molecule has 20 heavy (non-hydrogen) atoms. The molecular formula is C13H23N3O2S2. The monoisotopic (exact) mass is 317 g/mol. The van der Waals surface area contributed by atoms with Crippen LogP contribution in [0.25, 0.3) is 0 Å². The maximum Gasteiger partial charge on any atom is 0.185 e. The van der Waals surface area contributed by atoms with Crippen LogP contribution in [-0.4, -0.2) is 44.0 Å². The van der Waals surface area contributed by atoms with Gasteiger partial charge in [-0.1, -0.05) is 13.8 Å². The van der Waals surface area contributed by atoms with Crippen molar-refractivity contribution in [2.45, 2.75) is 45.8 Å². The fourth-order valence-electron chi connectivity index (χ4n) is 2.26. The van der Waals surface area contributed by atoms with Crippen molar-refractivity contribution in [1.29, 1.82) is 0 Å². The Bertz CT molecular complexity index is 566. The van der Waals surface area contributed by atoms with E-state index in [0.717, 1.165) is 17.4 Å². The first kappa shape index (κ1) is 15.7. The highest BCUT2D eigenvalue weighted by molar-refractivity contribution is 7.91. The summed E-state index contributed by atoms with van der Waals surface area (Å²) >= 11 is 1.65. The van der Waals surface area contributed by atoms with Gasteiger partial charge in [0.2, 0.25) is 0 Å². The number of sulfone groups is 1. The lowest BCUT2D eigenvalue weighted by atomic mass is 10.2. The van der Waals surface area contributed by atoms with E-state index in [-0.39, 0.29) is 11.8 Å². The van der Waals surface area contributed by atoms with Crippen molar-refractivity contribution in [1.82, 2.24) is 10.3 Å². The van der Waals surface area contributed by atoms with Crippen molar-refractivity contribution in [2.75, 3.05) is 23.5 Å². The third-order valence-corrected chi connectivity index (χ3v) is 6.61. The average Bonchev–Trinajstić information content (AvgIpc) is 2.89. The Kier molecular flexibility index (Phi) is 4.71. The van der Waals surface area contributed by atoms with Gasteiger partial charge < -0.3 is 10.2 Å². The number of nitrogens with one attached hydrogen (secondary N) is 1. The van der Waals surface area contributed by atoms with E-state index >= 15 is 0 Å². The lowest BCUT2D eigenvalue weighted by Gasteiger charge is -2.22. The minimum atomic E-state index is -2.85. The zero-order valence-corrected chi connectivity index (χ0v) is 14.1. The average molecular weight is 317 g/mol. The summed E-state index contributed by atoms with van der Waals surface area (Å²) in [6.45, 7) is 7.06. The number of rotatable bonds is 5. The predicted molar refractivity (Wildman–Crippen MR) is 84.3 cm³/mol. The molecule has 1 atom stereocenters. The van der Waals surface area contributed by atoms with E-state index in [9.17, 15) is 8.42 Å². The van der Waals surface area contributed by atoms with Gasteiger partial charge in [0.1, 0.15) is 0 Å². The Morgan fingerprint density at radius 1 is 1.50 bits per heavy atom. The number of hydrogen-bond donors (Lipinski definition) is 1. The van der Waals surface area contributed by atoms with Crippen LogP contribution in [0.5, 0.6) is 0 Å². The molecule has 0 aliphatic carbocycles. The minimum Gasteiger partial charge on any atom is -0.347 e. The summed E-state index contributed by atoms with van der Waals surface area (Å²) in [5, 5.41) is 4.31. The van der Waals surface area contributed by atoms with Crippen LogP contribution in [0.4, 0.5) is 5.13 Å². The van der Waals surface area contributed by atoms with Gasteiger partial charge >= 0.3 is 0 Å². The highest BCUT2D eigenvalue weighted by atomic mass is 32.2. The fourth-order valence-corrected chi connectivity index (χ4v) is 5.08. The molecule has 1 unspecified atom stereocenters. The summed E-state index contributed by atoms with van der Waals surface area (Å²) in [6, 6.07) is 0.508. The Morgan fingerprint density at radius 2 is 2.20 bits per heavy atom. The highest BCUT2D eigenvalue weighted by Gasteiger charge is 2.32. The van der Waals surface area contributed by atoms with E-state index in [1.807, 2.05) is 18.9 Å². The Balaban J connectivity index is 2.07. The smallest absolute Gasteiger partial charge is 0.185 e. The van der Waals surface area contributed by atoms with Crippen LogP contribution in [0.3, 0.4) is 0 Å². The van der Waals surface area contributed by atoms with Crippen molar-refractivity contribution in [3.8, 4) is 0 Å². The predicted octanol–water partition coefficient (Wildman–Crippen LogP) is 1.57. The maximum absolute atomic E-state index is 11.6. The van der Waals surface area contributed by atoms with Crippen LogP contribution < -0.4 is 10.2 Å². The van der Waals surface area contributed by atoms with Gasteiger partial charge in [-0.05, 0) is 13.3 Å². The molecule has 5 nitrogen and oxygen atoms in total. The fraction of sp³-hybridized carbons (Fsp3) is 0.769. The van der Waals surface area contributed by atoms with Crippen LogP contribution in [0.2, 0.25) is 0 Å². The van der Waals surface area contributed by atoms with Gasteiger partial charge in [-0.2, -0.15) is 0 Å². The summed E-state index contributed by atoms with van der Waals surface area (Å²) < 4.78 is 23.1. The highest BCUT2D eigenvalue weighted by Crippen LogP contribution is 2.29. The minimum absolute atomic E-state index is 0.0662. The number of aromatic nitrogens is 1. The summed E-state index contributed by atoms with van der Waals surface area (Å²) in [6.07, 6.45) is 0.705. The summed E-state index contributed by atoms with van der Waals surface area (Å²) in [5.41, 5.74) is 1.03. The van der Waals surface area contributed by atoms with Gasteiger partial charge in [0.15, 0.2) is 15.0 Å². The molecule has 1 saturated heterocycles. The molecule has 7 heteroatoms. The Morgan fingerprint density at radius 3 is 2.75 bits per heavy atom. The number of nitrogens with zero attached hydrogens (tertiary/aromatic N) is 2. The first-order valence-electron chi connectivity index (χ1n) is 6.91. The van der Waals surface area contributed by atoms with Gasteiger partial charge in [0.25, 0.3) is 0 Å². The zero-order chi connectivity index (χ0) is 14.9. The molecule has 1 N–H and O–H groups in total. The van der Waals surface area contributed by atoms with Crippen molar-refractivity contribution in [2.24, 2.45) is 0 Å². The third-order valence-electron chi connectivity index (χ3n) is 3.61. The van der Waals surface area contributed by atoms with Crippen LogP contribution >= 0.6 is 11.3 Å². The molecule has 1 fully saturated rings. The molecule has 1 aromatic rings. The summed E-state index contributed by atoms with van der Waals surface area (Å²) in [5.74, 6) is 0.551. The molecule has 0 aromatic carbocycles. The van der Waals surface area contributed by atoms with Crippen LogP contribution in [0.1, 0.15) is 30.8 Å². The van der Waals surface area contributed by atoms with Gasteiger partial charge in [-0.25, -0.2) is 13.4 Å². The van der Waals surface area contributed by atoms with E-state index < -0.39 is 9.84 Å². The van der Waals surface area contributed by atoms with Gasteiger partial charge in [-0.3, -0.25) is 0 Å². The van der Waals surface area contributed by atoms with Gasteiger partial charge in [0.05, 0.1) is 17.2 Å². The molecule has 0 amide bonds. The van der Waals surface area contributed by atoms with Gasteiger partial charge in [0, 0.05) is 30.6 Å². The molecule has 0 radical (unpaired) electrons. The molecule has 114 valence electrons. The van der Waals surface area contributed by atoms with Crippen molar-refractivity contribution in [3.63, 3.8) is 0 Å². The summed E-state index contributed by atoms with van der Waals surface area (Å²) in [4.78, 5) is 7.84. The van der Waals surface area contributed by atoms with E-state index in [0.29, 0.717) is 18.2 Å². The molecule has 1 aliphatic heterocycles. The summed E-state index contributed by atoms with van der Waals surface area (Å²) in [7, 11) is -0.903. The lowest BCUT2D eigenvalue weighted by Crippen LogP contribution is -2.32. The zero-order valence-electron chi connectivity index (χ0n) is 12.5. The SMILES string of the molecule is Cc1nc(N(C)C2CCS(=O)(=O)C2)sc1CNC(C)C. The maximum atomic E-state index is 11.6. The topological polar surface area (TPSA) is 62.3 Å². The Hall–Kier alpha value is -0.660. The van der Waals surface area contributed by atoms with E-state index in [1.54, 1.807) is 11.3 Å². The van der Waals surface area contributed by atoms with Crippen LogP contribution in [0, 0.1) is 6.92 Å². The van der Waals surface area contributed by atoms with Crippen LogP contribution in [0.15, 0.2) is 0 Å². The molecule has 1 aromatic heterocycles. The van der Waals surface area contributed by atoms with Gasteiger partial charge in [-0.15, -0.1) is 11.3 Å². The standard InChI is InChI=1S/C13H23N3O2S2/c1-9(2)14-7-12-10(3)15-13(19-12)16(4)11-5-6-20(17,18)8-11/h9,11,14H,5-8H2,1-4H3. The van der Waals surface area contributed by atoms with Crippen molar-refractivity contribution >= 4 is 26.3 Å². The number of aryl methyl sites for hydroxylation is 1. The second kappa shape index (κ2) is 5.99. The lowest BCUT2D eigenvalue weighted by molar-refractivity contribution is 0.591. The molecular weight excluding hydrogens is 294 g/mol. The first-order valence-corrected chi connectivity index (χ1v) is 9.55. The Labute approximate surface area is 125 Å². The molecule has 0 bridgehead atoms. The van der Waals surface area contributed by atoms with Crippen LogP contribution in [-0.2, 0) is 16.4 Å². The number of thiazole rings is 1. The molecule has 0 spiro atoms. The van der Waals surface area contributed by atoms with Crippen molar-refractivity contribution < 1.29 is 8.42 Å². The second-order valence-corrected chi connectivity index (χ2v) is 9.00. The second-order valence-electron chi connectivity index (χ2n) is 5.71. The molecule has 0 saturated carbocycles. The van der Waals surface area contributed by atoms with E-state index in [4.69, 9.17) is 0 Å². The van der Waals surface area contributed by atoms with E-state index in [2.05, 4.69) is 24.1 Å². The first-order chi connectivity index (χ1) is 9.28. The largest absolute Gasteiger partial charge is 0.347 e. The van der Waals surface area contributed by atoms with E-state index in [1.165, 1.54) is 4.88 Å². The quantitative estimate of drug-likeness (QED) is 0.893.